The van der Waals surface area contributed by atoms with Gasteiger partial charge in [-0.15, -0.1) is 0 Å². The van der Waals surface area contributed by atoms with Crippen LogP contribution in [0.1, 0.15) is 19.4 Å². The zero-order chi connectivity index (χ0) is 15.2. The molecule has 0 unspecified atom stereocenters. The Hall–Kier alpha value is -1.80. The fourth-order valence-corrected chi connectivity index (χ4v) is 1.30. The highest BCUT2D eigenvalue weighted by atomic mass is 35.5. The Morgan fingerprint density at radius 2 is 1.45 bits per heavy atom. The van der Waals surface area contributed by atoms with Gasteiger partial charge in [-0.25, -0.2) is 0 Å². The molecule has 0 saturated heterocycles. The molecule has 0 amide bonds. The zero-order valence-electron chi connectivity index (χ0n) is 12.2. The van der Waals surface area contributed by atoms with Gasteiger partial charge in [0.15, 0.2) is 0 Å². The van der Waals surface area contributed by atoms with Gasteiger partial charge in [0.1, 0.15) is 0 Å². The predicted molar refractivity (Wildman–Crippen MR) is 84.9 cm³/mol. The van der Waals surface area contributed by atoms with Crippen LogP contribution in [0, 0.1) is 6.92 Å². The van der Waals surface area contributed by atoms with Gasteiger partial charge in [-0.1, -0.05) is 65.7 Å². The summed E-state index contributed by atoms with van der Waals surface area (Å²) >= 11 is 5.54. The molecule has 0 heterocycles. The Labute approximate surface area is 126 Å². The summed E-state index contributed by atoms with van der Waals surface area (Å²) in [6.45, 7) is 5.74. The van der Waals surface area contributed by atoms with Gasteiger partial charge in [-0.05, 0) is 26.0 Å². The first kappa shape index (κ1) is 18.2. The molecule has 0 saturated carbocycles. The molecule has 0 atom stereocenters. The first-order chi connectivity index (χ1) is 9.56. The lowest BCUT2D eigenvalue weighted by atomic mass is 10.2. The lowest BCUT2D eigenvalue weighted by molar-refractivity contribution is -0.140. The van der Waals surface area contributed by atoms with Crippen LogP contribution in [0.25, 0.3) is 0 Å². The number of carbonyl (C=O) groups excluding carboxylic acids is 1. The van der Waals surface area contributed by atoms with Gasteiger partial charge in [0.05, 0.1) is 6.61 Å². The van der Waals surface area contributed by atoms with E-state index in [1.807, 2.05) is 48.5 Å². The largest absolute Gasteiger partial charge is 0.466 e. The number of carbonyl (C=O) groups is 1. The van der Waals surface area contributed by atoms with Crippen molar-refractivity contribution in [3.63, 3.8) is 0 Å². The van der Waals surface area contributed by atoms with Crippen molar-refractivity contribution in [1.29, 1.82) is 0 Å². The van der Waals surface area contributed by atoms with Gasteiger partial charge in [-0.3, -0.25) is 4.79 Å². The van der Waals surface area contributed by atoms with E-state index in [0.29, 0.717) is 6.61 Å². The predicted octanol–water partition coefficient (Wildman–Crippen LogP) is 4.90. The molecule has 0 radical (unpaired) electrons. The van der Waals surface area contributed by atoms with Crippen LogP contribution in [0.4, 0.5) is 0 Å². The summed E-state index contributed by atoms with van der Waals surface area (Å²) in [4.78, 5) is 9.82. The van der Waals surface area contributed by atoms with Gasteiger partial charge in [0, 0.05) is 11.9 Å². The van der Waals surface area contributed by atoms with Crippen molar-refractivity contribution >= 4 is 17.6 Å². The first-order valence-electron chi connectivity index (χ1n) is 6.41. The molecule has 0 N–H and O–H groups in total. The Morgan fingerprint density at radius 3 is 1.60 bits per heavy atom. The van der Waals surface area contributed by atoms with Crippen molar-refractivity contribution in [2.75, 3.05) is 6.61 Å². The lowest BCUT2D eigenvalue weighted by Gasteiger charge is -1.89. The van der Waals surface area contributed by atoms with E-state index in [0.717, 1.165) is 5.02 Å². The summed E-state index contributed by atoms with van der Waals surface area (Å²) in [6, 6.07) is 19.7. The molecule has 0 bridgehead atoms. The first-order valence-corrected chi connectivity index (χ1v) is 6.79. The average Bonchev–Trinajstić information content (AvgIpc) is 2.42. The fraction of sp³-hybridized carbons (Fsp3) is 0.235. The van der Waals surface area contributed by atoms with Crippen LogP contribution in [0.15, 0.2) is 60.7 Å². The third-order valence-electron chi connectivity index (χ3n) is 2.02. The van der Waals surface area contributed by atoms with Gasteiger partial charge in [0.2, 0.25) is 0 Å². The van der Waals surface area contributed by atoms with E-state index in [1.54, 1.807) is 6.92 Å². The van der Waals surface area contributed by atoms with Gasteiger partial charge in [-0.2, -0.15) is 0 Å². The van der Waals surface area contributed by atoms with Crippen molar-refractivity contribution in [3.8, 4) is 0 Å². The van der Waals surface area contributed by atoms with E-state index in [4.69, 9.17) is 11.6 Å². The van der Waals surface area contributed by atoms with Crippen molar-refractivity contribution < 1.29 is 9.53 Å². The third-order valence-corrected chi connectivity index (χ3v) is 2.27. The Balaban J connectivity index is 0.000000272. The van der Waals surface area contributed by atoms with E-state index in [2.05, 4.69) is 23.8 Å². The fourth-order valence-electron chi connectivity index (χ4n) is 1.15. The van der Waals surface area contributed by atoms with Gasteiger partial charge >= 0.3 is 5.97 Å². The smallest absolute Gasteiger partial charge is 0.302 e. The summed E-state index contributed by atoms with van der Waals surface area (Å²) in [5, 5.41) is 0.794. The topological polar surface area (TPSA) is 26.3 Å². The minimum Gasteiger partial charge on any atom is -0.466 e. The van der Waals surface area contributed by atoms with E-state index in [9.17, 15) is 4.79 Å². The number of hydrogen-bond acceptors (Lipinski definition) is 2. The lowest BCUT2D eigenvalue weighted by Crippen LogP contribution is -1.95. The molecule has 0 aliphatic heterocycles. The average molecular weight is 293 g/mol. The van der Waals surface area contributed by atoms with Gasteiger partial charge in [0.25, 0.3) is 0 Å². The Kier molecular flexibility index (Phi) is 11.1. The van der Waals surface area contributed by atoms with E-state index >= 15 is 0 Å². The summed E-state index contributed by atoms with van der Waals surface area (Å²) in [5.74, 6) is -0.211. The molecule has 0 aromatic heterocycles. The standard InChI is InChI=1S/C7H8.C6H5Cl.C4H8O2/c1-7-5-3-2-4-6-7;7-6-4-2-1-3-5-6;1-3-6-4(2)5/h2-6H,1H3;1-5H;3H2,1-2H3. The van der Waals surface area contributed by atoms with Crippen LogP contribution >= 0.6 is 11.6 Å². The van der Waals surface area contributed by atoms with Crippen molar-refractivity contribution in [2.24, 2.45) is 0 Å². The Bertz CT molecular complexity index is 417. The molecular formula is C17H21ClO2. The summed E-state index contributed by atoms with van der Waals surface area (Å²) in [6.07, 6.45) is 0. The van der Waals surface area contributed by atoms with Crippen LogP contribution in [0.5, 0.6) is 0 Å². The third kappa shape index (κ3) is 12.7. The number of esters is 1. The molecule has 0 aliphatic carbocycles. The normalized spacial score (nSPS) is 8.40. The molecule has 0 fully saturated rings. The number of rotatable bonds is 1. The maximum absolute atomic E-state index is 9.82. The van der Waals surface area contributed by atoms with Crippen LogP contribution in [0.2, 0.25) is 5.02 Å². The molecule has 0 spiro atoms. The molecule has 2 aromatic rings. The Morgan fingerprint density at radius 1 is 1.00 bits per heavy atom. The quantitative estimate of drug-likeness (QED) is 0.699. The zero-order valence-corrected chi connectivity index (χ0v) is 12.9. The van der Waals surface area contributed by atoms with Crippen molar-refractivity contribution in [3.05, 3.63) is 71.2 Å². The minimum absolute atomic E-state index is 0.211. The number of aryl methyl sites for hydroxylation is 1. The second-order valence-electron chi connectivity index (χ2n) is 3.87. The van der Waals surface area contributed by atoms with Gasteiger partial charge < -0.3 is 4.74 Å². The molecule has 20 heavy (non-hydrogen) atoms. The molecular weight excluding hydrogens is 272 g/mol. The molecule has 0 aliphatic rings. The van der Waals surface area contributed by atoms with E-state index < -0.39 is 0 Å². The monoisotopic (exact) mass is 292 g/mol. The highest BCUT2D eigenvalue weighted by Crippen LogP contribution is 2.03. The number of benzene rings is 2. The van der Waals surface area contributed by atoms with Crippen LogP contribution in [-0.4, -0.2) is 12.6 Å². The van der Waals surface area contributed by atoms with Crippen LogP contribution < -0.4 is 0 Å². The number of ether oxygens (including phenoxy) is 1. The molecule has 108 valence electrons. The van der Waals surface area contributed by atoms with Crippen molar-refractivity contribution in [1.82, 2.24) is 0 Å². The van der Waals surface area contributed by atoms with Crippen LogP contribution in [0.3, 0.4) is 0 Å². The molecule has 2 nitrogen and oxygen atoms in total. The van der Waals surface area contributed by atoms with E-state index in [1.165, 1.54) is 12.5 Å². The highest BCUT2D eigenvalue weighted by Gasteiger charge is 1.81. The molecule has 3 heteroatoms. The second kappa shape index (κ2) is 12.2. The van der Waals surface area contributed by atoms with Crippen LogP contribution in [-0.2, 0) is 9.53 Å². The summed E-state index contributed by atoms with van der Waals surface area (Å²) in [5.41, 5.74) is 1.32. The SMILES string of the molecule is CCOC(C)=O.Cc1ccccc1.Clc1ccccc1. The summed E-state index contributed by atoms with van der Waals surface area (Å²) < 4.78 is 4.40. The van der Waals surface area contributed by atoms with E-state index in [-0.39, 0.29) is 5.97 Å². The maximum Gasteiger partial charge on any atom is 0.302 e. The minimum atomic E-state index is -0.211. The maximum atomic E-state index is 9.82. The second-order valence-corrected chi connectivity index (χ2v) is 4.31. The number of hydrogen-bond donors (Lipinski definition) is 0. The highest BCUT2D eigenvalue weighted by molar-refractivity contribution is 6.30. The summed E-state index contributed by atoms with van der Waals surface area (Å²) in [7, 11) is 0. The molecule has 2 rings (SSSR count). The molecule has 2 aromatic carbocycles. The number of halogens is 1. The van der Waals surface area contributed by atoms with Crippen molar-refractivity contribution in [2.45, 2.75) is 20.8 Å².